The summed E-state index contributed by atoms with van der Waals surface area (Å²) in [6.07, 6.45) is 10.5. The van der Waals surface area contributed by atoms with E-state index in [1.807, 2.05) is 24.3 Å². The van der Waals surface area contributed by atoms with Crippen LogP contribution in [-0.4, -0.2) is 22.4 Å². The largest absolute Gasteiger partial charge is 0.691 e. The Morgan fingerprint density at radius 3 is 2.59 bits per heavy atom. The van der Waals surface area contributed by atoms with Gasteiger partial charge in [0, 0.05) is 6.08 Å². The summed E-state index contributed by atoms with van der Waals surface area (Å²) in [5.74, 6) is 0.451. The molecule has 29 heavy (non-hydrogen) atoms. The van der Waals surface area contributed by atoms with Crippen molar-refractivity contribution in [3.05, 3.63) is 65.4 Å². The number of rotatable bonds is 10. The number of para-hydroxylation sites is 2. The molecule has 0 saturated heterocycles. The van der Waals surface area contributed by atoms with Crippen molar-refractivity contribution in [2.24, 2.45) is 0 Å². The number of unbranched alkanes of at least 4 members (excludes halogenated alkanes) is 5. The third-order valence-electron chi connectivity index (χ3n) is 4.76. The van der Waals surface area contributed by atoms with Crippen LogP contribution < -0.4 is 9.58 Å². The second-order valence-electron chi connectivity index (χ2n) is 7.02. The Labute approximate surface area is 171 Å². The van der Waals surface area contributed by atoms with Crippen molar-refractivity contribution in [1.29, 1.82) is 0 Å². The highest BCUT2D eigenvalue weighted by Gasteiger charge is 2.18. The number of hydrogen-bond acceptors (Lipinski definition) is 4. The van der Waals surface area contributed by atoms with E-state index in [1.54, 1.807) is 30.3 Å². The summed E-state index contributed by atoms with van der Waals surface area (Å²) in [6.45, 7) is 2.94. The summed E-state index contributed by atoms with van der Waals surface area (Å²) in [5.41, 5.74) is 1.72. The standard InChI is InChI=1S/C23H27N3O3/c1-2-3-4-5-6-9-18-29-20-15-12-19(13-16-20)14-17-23(27)25-21-10-7-8-11-22(21)26(28)24-25/h7-8,10-17H,2-6,9,18H2,1H3. The summed E-state index contributed by atoms with van der Waals surface area (Å²) in [4.78, 5) is 12.9. The molecule has 0 amide bonds. The second-order valence-corrected chi connectivity index (χ2v) is 7.02. The van der Waals surface area contributed by atoms with Gasteiger partial charge in [0.2, 0.25) is 11.0 Å². The minimum Gasteiger partial charge on any atom is -0.691 e. The number of carbonyl (C=O) groups is 1. The van der Waals surface area contributed by atoms with E-state index in [0.29, 0.717) is 15.9 Å². The van der Waals surface area contributed by atoms with Crippen LogP contribution in [-0.2, 0) is 0 Å². The van der Waals surface area contributed by atoms with E-state index < -0.39 is 0 Å². The third-order valence-corrected chi connectivity index (χ3v) is 4.76. The van der Waals surface area contributed by atoms with Gasteiger partial charge in [0.25, 0.3) is 0 Å². The van der Waals surface area contributed by atoms with Crippen molar-refractivity contribution < 1.29 is 14.4 Å². The maximum absolute atomic E-state index is 12.4. The molecule has 0 aliphatic carbocycles. The third kappa shape index (κ3) is 5.67. The van der Waals surface area contributed by atoms with Crippen LogP contribution in [0.4, 0.5) is 0 Å². The zero-order valence-corrected chi connectivity index (χ0v) is 16.8. The molecule has 3 aromatic rings. The van der Waals surface area contributed by atoms with Crippen molar-refractivity contribution in [3.63, 3.8) is 0 Å². The van der Waals surface area contributed by atoms with E-state index in [-0.39, 0.29) is 5.91 Å². The highest BCUT2D eigenvalue weighted by molar-refractivity contribution is 5.97. The predicted molar refractivity (Wildman–Crippen MR) is 114 cm³/mol. The monoisotopic (exact) mass is 393 g/mol. The molecule has 0 bridgehead atoms. The van der Waals surface area contributed by atoms with Gasteiger partial charge < -0.3 is 9.94 Å². The molecule has 0 aliphatic heterocycles. The lowest BCUT2D eigenvalue weighted by atomic mass is 10.1. The first kappa shape index (κ1) is 20.6. The van der Waals surface area contributed by atoms with E-state index >= 15 is 0 Å². The number of hydrogen-bond donors (Lipinski definition) is 0. The quantitative estimate of drug-likeness (QED) is 0.215. The molecule has 0 radical (unpaired) electrons. The van der Waals surface area contributed by atoms with E-state index in [4.69, 9.17) is 4.74 Å². The van der Waals surface area contributed by atoms with Gasteiger partial charge in [0.05, 0.1) is 6.61 Å². The Kier molecular flexibility index (Phi) is 7.39. The fraction of sp³-hybridized carbons (Fsp3) is 0.348. The van der Waals surface area contributed by atoms with E-state index in [2.05, 4.69) is 12.1 Å². The van der Waals surface area contributed by atoms with Gasteiger partial charge in [0.1, 0.15) is 11.0 Å². The highest BCUT2D eigenvalue weighted by atomic mass is 16.5. The Morgan fingerprint density at radius 1 is 1.07 bits per heavy atom. The molecule has 0 N–H and O–H groups in total. The number of carbonyl (C=O) groups excluding carboxylic acids is 1. The molecule has 1 aromatic heterocycles. The number of nitrogens with zero attached hydrogens (tertiary/aromatic N) is 3. The molecule has 0 atom stereocenters. The van der Waals surface area contributed by atoms with E-state index in [9.17, 15) is 10.0 Å². The van der Waals surface area contributed by atoms with Crippen LogP contribution in [0.2, 0.25) is 0 Å². The van der Waals surface area contributed by atoms with Gasteiger partial charge in [-0.05, 0) is 42.3 Å². The summed E-state index contributed by atoms with van der Waals surface area (Å²) in [7, 11) is 0. The average Bonchev–Trinajstić information content (AvgIpc) is 3.09. The van der Waals surface area contributed by atoms with Gasteiger partial charge >= 0.3 is 5.91 Å². The topological polar surface area (TPSA) is 71.1 Å². The zero-order valence-electron chi connectivity index (χ0n) is 16.8. The summed E-state index contributed by atoms with van der Waals surface area (Å²) in [5, 5.41) is 15.5. The molecule has 0 unspecified atom stereocenters. The molecule has 6 nitrogen and oxygen atoms in total. The van der Waals surface area contributed by atoms with E-state index in [1.165, 1.54) is 38.2 Å². The fourth-order valence-corrected chi connectivity index (χ4v) is 3.13. The first-order chi connectivity index (χ1) is 14.2. The lowest BCUT2D eigenvalue weighted by molar-refractivity contribution is -0.645. The van der Waals surface area contributed by atoms with Gasteiger partial charge in [-0.2, -0.15) is 0 Å². The average molecular weight is 393 g/mol. The fourth-order valence-electron chi connectivity index (χ4n) is 3.13. The van der Waals surface area contributed by atoms with Gasteiger partial charge in [-0.1, -0.05) is 68.0 Å². The predicted octanol–water partition coefficient (Wildman–Crippen LogP) is 4.76. The molecule has 1 heterocycles. The molecule has 6 heteroatoms. The van der Waals surface area contributed by atoms with Gasteiger partial charge in [-0.15, -0.1) is 4.85 Å². The molecule has 0 fully saturated rings. The van der Waals surface area contributed by atoms with Crippen LogP contribution >= 0.6 is 0 Å². The normalized spacial score (nSPS) is 11.3. The van der Waals surface area contributed by atoms with Crippen LogP contribution in [0.1, 0.15) is 55.8 Å². The Balaban J connectivity index is 1.51. The van der Waals surface area contributed by atoms with Gasteiger partial charge in [0.15, 0.2) is 0 Å². The SMILES string of the molecule is CCCCCCCCOc1ccc(C=CC(=O)n2n[n+]([O-])c3ccccc32)cc1. The maximum atomic E-state index is 12.4. The lowest BCUT2D eigenvalue weighted by Gasteiger charge is -2.06. The van der Waals surface area contributed by atoms with Crippen molar-refractivity contribution >= 4 is 23.0 Å². The van der Waals surface area contributed by atoms with Crippen LogP contribution in [0, 0.1) is 5.21 Å². The van der Waals surface area contributed by atoms with Crippen LogP contribution in [0.3, 0.4) is 0 Å². The summed E-state index contributed by atoms with van der Waals surface area (Å²) in [6, 6.07) is 14.4. The minimum atomic E-state index is -0.376. The van der Waals surface area contributed by atoms with Crippen LogP contribution in [0.25, 0.3) is 17.1 Å². The lowest BCUT2D eigenvalue weighted by Crippen LogP contribution is -2.30. The Morgan fingerprint density at radius 2 is 1.79 bits per heavy atom. The van der Waals surface area contributed by atoms with Gasteiger partial charge in [-0.25, -0.2) is 4.79 Å². The highest BCUT2D eigenvalue weighted by Crippen LogP contribution is 2.15. The zero-order chi connectivity index (χ0) is 20.5. The van der Waals surface area contributed by atoms with E-state index in [0.717, 1.165) is 29.0 Å². The molecule has 3 rings (SSSR count). The second kappa shape index (κ2) is 10.4. The molecule has 2 aromatic carbocycles. The maximum Gasteiger partial charge on any atom is 0.359 e. The number of fused-ring (bicyclic) bond motifs is 1. The molecule has 0 aliphatic rings. The minimum absolute atomic E-state index is 0.362. The Hall–Kier alpha value is -3.15. The Bertz CT molecular complexity index is 961. The smallest absolute Gasteiger partial charge is 0.359 e. The van der Waals surface area contributed by atoms with Crippen molar-refractivity contribution in [2.45, 2.75) is 45.4 Å². The van der Waals surface area contributed by atoms with Crippen molar-refractivity contribution in [1.82, 2.24) is 9.90 Å². The van der Waals surface area contributed by atoms with Crippen molar-refractivity contribution in [3.8, 4) is 5.75 Å². The summed E-state index contributed by atoms with van der Waals surface area (Å²) >= 11 is 0. The molecule has 0 spiro atoms. The van der Waals surface area contributed by atoms with Crippen LogP contribution in [0.5, 0.6) is 5.75 Å². The first-order valence-electron chi connectivity index (χ1n) is 10.2. The molecule has 0 saturated carbocycles. The van der Waals surface area contributed by atoms with Crippen LogP contribution in [0.15, 0.2) is 54.6 Å². The summed E-state index contributed by atoms with van der Waals surface area (Å²) < 4.78 is 6.88. The number of allylic oxidation sites excluding steroid dienone is 1. The number of aromatic nitrogens is 3. The van der Waals surface area contributed by atoms with Gasteiger partial charge in [-0.3, -0.25) is 0 Å². The number of benzene rings is 2. The molecule has 152 valence electrons. The number of ether oxygens (including phenoxy) is 1. The first-order valence-corrected chi connectivity index (χ1v) is 10.2. The van der Waals surface area contributed by atoms with Crippen molar-refractivity contribution in [2.75, 3.05) is 6.61 Å². The molecular formula is C23H27N3O3. The molecular weight excluding hydrogens is 366 g/mol.